The number of thioether (sulfide) groups is 1. The Labute approximate surface area is 168 Å². The highest BCUT2D eigenvalue weighted by Crippen LogP contribution is 2.21. The molecule has 0 aromatic heterocycles. The Balaban J connectivity index is 2.86. The maximum absolute atomic E-state index is 12.5. The summed E-state index contributed by atoms with van der Waals surface area (Å²) in [6.07, 6.45) is 2.33. The second-order valence-corrected chi connectivity index (χ2v) is 7.72. The minimum atomic E-state index is -0.779. The van der Waals surface area contributed by atoms with E-state index < -0.39 is 23.9 Å². The average molecular weight is 420 g/mol. The van der Waals surface area contributed by atoms with Gasteiger partial charge in [-0.25, -0.2) is 0 Å². The Morgan fingerprint density at radius 3 is 2.38 bits per heavy atom. The summed E-state index contributed by atoms with van der Waals surface area (Å²) in [5.74, 6) is -0.448. The highest BCUT2D eigenvalue weighted by molar-refractivity contribution is 7.98. The molecule has 0 aliphatic rings. The molecule has 1 rings (SSSR count). The van der Waals surface area contributed by atoms with Crippen molar-refractivity contribution in [2.75, 3.05) is 26.1 Å². The first-order chi connectivity index (χ1) is 12.2. The highest BCUT2D eigenvalue weighted by atomic mass is 35.5. The van der Waals surface area contributed by atoms with E-state index in [1.165, 1.54) is 17.0 Å². The van der Waals surface area contributed by atoms with Gasteiger partial charge in [0.2, 0.25) is 11.8 Å². The van der Waals surface area contributed by atoms with Gasteiger partial charge in [0.05, 0.1) is 10.6 Å². The molecule has 2 N–H and O–H groups in total. The van der Waals surface area contributed by atoms with Crippen molar-refractivity contribution in [3.8, 4) is 0 Å². The van der Waals surface area contributed by atoms with Crippen LogP contribution >= 0.6 is 35.0 Å². The molecular weight excluding hydrogens is 397 g/mol. The van der Waals surface area contributed by atoms with Crippen molar-refractivity contribution in [1.82, 2.24) is 15.5 Å². The fourth-order valence-electron chi connectivity index (χ4n) is 2.18. The predicted molar refractivity (Wildman–Crippen MR) is 107 cm³/mol. The Hall–Kier alpha value is -1.44. The van der Waals surface area contributed by atoms with Crippen molar-refractivity contribution in [2.24, 2.45) is 0 Å². The standard InChI is InChI=1S/C17H23Cl2N3O3S/c1-10(17(25)22(2)3)20-16(24)14(7-8-26-4)21-15(23)12-6-5-11(18)9-13(12)19/h5-6,9-10,14H,7-8H2,1-4H3,(H,20,24)(H,21,23). The summed E-state index contributed by atoms with van der Waals surface area (Å²) in [6.45, 7) is 1.60. The van der Waals surface area contributed by atoms with Crippen LogP contribution in [0.5, 0.6) is 0 Å². The van der Waals surface area contributed by atoms with E-state index in [9.17, 15) is 14.4 Å². The summed E-state index contributed by atoms with van der Waals surface area (Å²) in [5, 5.41) is 5.95. The number of hydrogen-bond donors (Lipinski definition) is 2. The molecule has 0 saturated carbocycles. The number of hydrogen-bond acceptors (Lipinski definition) is 4. The van der Waals surface area contributed by atoms with Gasteiger partial charge in [0.1, 0.15) is 12.1 Å². The van der Waals surface area contributed by atoms with Crippen LogP contribution in [-0.2, 0) is 9.59 Å². The van der Waals surface area contributed by atoms with Gasteiger partial charge in [-0.1, -0.05) is 23.2 Å². The number of amides is 3. The minimum absolute atomic E-state index is 0.204. The quantitative estimate of drug-likeness (QED) is 0.677. The summed E-state index contributed by atoms with van der Waals surface area (Å²) < 4.78 is 0. The summed E-state index contributed by atoms with van der Waals surface area (Å²) in [5.41, 5.74) is 0.232. The molecule has 0 spiro atoms. The molecule has 0 radical (unpaired) electrons. The van der Waals surface area contributed by atoms with Crippen molar-refractivity contribution < 1.29 is 14.4 Å². The first-order valence-corrected chi connectivity index (χ1v) is 10.1. The molecule has 1 aromatic rings. The zero-order valence-corrected chi connectivity index (χ0v) is 17.5. The fourth-order valence-corrected chi connectivity index (χ4v) is 3.14. The van der Waals surface area contributed by atoms with E-state index in [1.54, 1.807) is 38.8 Å². The van der Waals surface area contributed by atoms with Crippen LogP contribution in [0.2, 0.25) is 10.0 Å². The molecule has 1 aromatic carbocycles. The van der Waals surface area contributed by atoms with Crippen LogP contribution in [0.3, 0.4) is 0 Å². The third-order valence-electron chi connectivity index (χ3n) is 3.58. The van der Waals surface area contributed by atoms with Gasteiger partial charge in [-0.05, 0) is 43.6 Å². The topological polar surface area (TPSA) is 78.5 Å². The lowest BCUT2D eigenvalue weighted by Gasteiger charge is -2.22. The molecule has 0 aliphatic heterocycles. The zero-order chi connectivity index (χ0) is 19.9. The second kappa shape index (κ2) is 10.6. The number of rotatable bonds is 8. The normalized spacial score (nSPS) is 12.8. The van der Waals surface area contributed by atoms with Gasteiger partial charge >= 0.3 is 0 Å². The number of nitrogens with one attached hydrogen (secondary N) is 2. The maximum Gasteiger partial charge on any atom is 0.253 e. The molecule has 0 saturated heterocycles. The molecule has 26 heavy (non-hydrogen) atoms. The van der Waals surface area contributed by atoms with Crippen molar-refractivity contribution in [1.29, 1.82) is 0 Å². The van der Waals surface area contributed by atoms with Crippen LogP contribution in [0.4, 0.5) is 0 Å². The van der Waals surface area contributed by atoms with Crippen molar-refractivity contribution in [2.45, 2.75) is 25.4 Å². The van der Waals surface area contributed by atoms with Crippen molar-refractivity contribution in [3.05, 3.63) is 33.8 Å². The third kappa shape index (κ3) is 6.70. The molecule has 0 heterocycles. The molecule has 144 valence electrons. The van der Waals surface area contributed by atoms with Gasteiger partial charge < -0.3 is 15.5 Å². The number of carbonyl (C=O) groups is 3. The predicted octanol–water partition coefficient (Wildman–Crippen LogP) is 2.44. The van der Waals surface area contributed by atoms with E-state index in [4.69, 9.17) is 23.2 Å². The number of carbonyl (C=O) groups excluding carboxylic acids is 3. The molecule has 0 fully saturated rings. The monoisotopic (exact) mass is 419 g/mol. The van der Waals surface area contributed by atoms with Crippen molar-refractivity contribution >= 4 is 52.7 Å². The van der Waals surface area contributed by atoms with Gasteiger partial charge in [0, 0.05) is 19.1 Å². The molecule has 2 atom stereocenters. The molecule has 6 nitrogen and oxygen atoms in total. The smallest absolute Gasteiger partial charge is 0.253 e. The van der Waals surface area contributed by atoms with E-state index in [2.05, 4.69) is 10.6 Å². The van der Waals surface area contributed by atoms with E-state index in [1.807, 2.05) is 6.26 Å². The highest BCUT2D eigenvalue weighted by Gasteiger charge is 2.25. The summed E-state index contributed by atoms with van der Waals surface area (Å²) in [7, 11) is 3.22. The molecule has 0 aliphatic carbocycles. The van der Waals surface area contributed by atoms with E-state index in [-0.39, 0.29) is 16.5 Å². The van der Waals surface area contributed by atoms with Gasteiger partial charge in [0.15, 0.2) is 0 Å². The first kappa shape index (κ1) is 22.6. The molecular formula is C17H23Cl2N3O3S. The molecule has 2 unspecified atom stereocenters. The number of benzene rings is 1. The summed E-state index contributed by atoms with van der Waals surface area (Å²) in [6, 6.07) is 3.05. The van der Waals surface area contributed by atoms with Crippen LogP contribution < -0.4 is 10.6 Å². The average Bonchev–Trinajstić information content (AvgIpc) is 2.57. The Morgan fingerprint density at radius 2 is 1.85 bits per heavy atom. The SMILES string of the molecule is CSCCC(NC(=O)c1ccc(Cl)cc1Cl)C(=O)NC(C)C(=O)N(C)C. The maximum atomic E-state index is 12.5. The number of halogens is 2. The molecule has 0 bridgehead atoms. The van der Waals surface area contributed by atoms with Crippen LogP contribution in [0.15, 0.2) is 18.2 Å². The Morgan fingerprint density at radius 1 is 1.19 bits per heavy atom. The summed E-state index contributed by atoms with van der Waals surface area (Å²) in [4.78, 5) is 38.3. The van der Waals surface area contributed by atoms with Crippen LogP contribution in [0.25, 0.3) is 0 Å². The Kier molecular flexibility index (Phi) is 9.25. The van der Waals surface area contributed by atoms with Crippen LogP contribution in [-0.4, -0.2) is 60.8 Å². The van der Waals surface area contributed by atoms with Gasteiger partial charge in [-0.2, -0.15) is 11.8 Å². The lowest BCUT2D eigenvalue weighted by Crippen LogP contribution is -2.52. The lowest BCUT2D eigenvalue weighted by molar-refractivity contribution is -0.134. The zero-order valence-electron chi connectivity index (χ0n) is 15.1. The second-order valence-electron chi connectivity index (χ2n) is 5.89. The van der Waals surface area contributed by atoms with Gasteiger partial charge in [0.25, 0.3) is 5.91 Å². The lowest BCUT2D eigenvalue weighted by atomic mass is 10.1. The largest absolute Gasteiger partial charge is 0.347 e. The summed E-state index contributed by atoms with van der Waals surface area (Å²) >= 11 is 13.4. The van der Waals surface area contributed by atoms with Crippen molar-refractivity contribution in [3.63, 3.8) is 0 Å². The third-order valence-corrected chi connectivity index (χ3v) is 4.77. The van der Waals surface area contributed by atoms with Gasteiger partial charge in [-0.3, -0.25) is 14.4 Å². The van der Waals surface area contributed by atoms with E-state index >= 15 is 0 Å². The number of nitrogens with zero attached hydrogens (tertiary/aromatic N) is 1. The van der Waals surface area contributed by atoms with E-state index in [0.717, 1.165) is 0 Å². The molecule has 9 heteroatoms. The first-order valence-electron chi connectivity index (χ1n) is 7.93. The van der Waals surface area contributed by atoms with Crippen LogP contribution in [0.1, 0.15) is 23.7 Å². The van der Waals surface area contributed by atoms with Gasteiger partial charge in [-0.15, -0.1) is 0 Å². The minimum Gasteiger partial charge on any atom is -0.347 e. The van der Waals surface area contributed by atoms with E-state index in [0.29, 0.717) is 17.2 Å². The fraction of sp³-hybridized carbons (Fsp3) is 0.471. The Bertz CT molecular complexity index is 671. The molecule has 3 amide bonds. The number of likely N-dealkylation sites (N-methyl/N-ethyl adjacent to an activating group) is 1. The van der Waals surface area contributed by atoms with Crippen LogP contribution in [0, 0.1) is 0 Å².